The fourth-order valence-corrected chi connectivity index (χ4v) is 3.54. The molecule has 2 N–H and O–H groups in total. The third-order valence-electron chi connectivity index (χ3n) is 4.14. The molecule has 0 radical (unpaired) electrons. The van der Waals surface area contributed by atoms with E-state index in [1.807, 2.05) is 0 Å². The van der Waals surface area contributed by atoms with Gasteiger partial charge in [-0.1, -0.05) is 15.9 Å². The average molecular weight is 391 g/mol. The average Bonchev–Trinajstić information content (AvgIpc) is 3.12. The summed E-state index contributed by atoms with van der Waals surface area (Å²) in [6, 6.07) is 3.78. The summed E-state index contributed by atoms with van der Waals surface area (Å²) < 4.78 is 14.5. The molecule has 0 bridgehead atoms. The van der Waals surface area contributed by atoms with Crippen LogP contribution in [0.4, 0.5) is 14.9 Å². The molecule has 2 heterocycles. The van der Waals surface area contributed by atoms with Gasteiger partial charge >= 0.3 is 6.03 Å². The summed E-state index contributed by atoms with van der Waals surface area (Å²) in [7, 11) is 0. The molecule has 3 amide bonds. The van der Waals surface area contributed by atoms with Crippen molar-refractivity contribution >= 4 is 44.6 Å². The first-order chi connectivity index (χ1) is 11.5. The quantitative estimate of drug-likeness (QED) is 0.772. The van der Waals surface area contributed by atoms with Crippen molar-refractivity contribution in [2.45, 2.75) is 18.9 Å². The van der Waals surface area contributed by atoms with Crippen molar-refractivity contribution in [2.75, 3.05) is 4.90 Å². The van der Waals surface area contributed by atoms with Crippen LogP contribution in [0.5, 0.6) is 0 Å². The predicted octanol–water partition coefficient (Wildman–Crippen LogP) is 3.28. The highest BCUT2D eigenvalue weighted by Gasteiger charge is 2.42. The van der Waals surface area contributed by atoms with E-state index in [9.17, 15) is 14.0 Å². The van der Waals surface area contributed by atoms with Crippen molar-refractivity contribution in [3.05, 3.63) is 46.5 Å². The Morgan fingerprint density at radius 2 is 2.12 bits per heavy atom. The fourth-order valence-electron chi connectivity index (χ4n) is 3.01. The lowest BCUT2D eigenvalue weighted by molar-refractivity contribution is -0.119. The normalized spacial score (nSPS) is 21.5. The Kier molecular flexibility index (Phi) is 3.49. The number of nitrogens with one attached hydrogen (secondary N) is 2. The largest absolute Gasteiger partial charge is 0.345 e. The first kappa shape index (κ1) is 15.1. The van der Waals surface area contributed by atoms with Gasteiger partial charge in [0, 0.05) is 16.6 Å². The number of fused-ring (bicyclic) bond motifs is 1. The predicted molar refractivity (Wildman–Crippen MR) is 90.3 cm³/mol. The summed E-state index contributed by atoms with van der Waals surface area (Å²) in [6.45, 7) is 0. The number of rotatable bonds is 2. The Labute approximate surface area is 144 Å². The first-order valence-electron chi connectivity index (χ1n) is 7.36. The third-order valence-corrected chi connectivity index (χ3v) is 5.00. The number of nitrogens with zero attached hydrogens (tertiary/aromatic N) is 2. The van der Waals surface area contributed by atoms with Gasteiger partial charge in [0.25, 0.3) is 5.91 Å². The van der Waals surface area contributed by atoms with E-state index < -0.39 is 18.0 Å². The number of allylic oxidation sites excluding steroid dienone is 2. The molecule has 1 unspecified atom stereocenters. The van der Waals surface area contributed by atoms with Gasteiger partial charge < -0.3 is 4.98 Å². The molecule has 6 nitrogen and oxygen atoms in total. The zero-order chi connectivity index (χ0) is 16.8. The summed E-state index contributed by atoms with van der Waals surface area (Å²) in [5, 5.41) is 2.31. The molecule has 2 aliphatic rings. The number of carbonyl (C=O) groups excluding carboxylic acids is 2. The Morgan fingerprint density at radius 1 is 1.29 bits per heavy atom. The van der Waals surface area contributed by atoms with E-state index in [-0.39, 0.29) is 12.2 Å². The van der Waals surface area contributed by atoms with Gasteiger partial charge in [-0.3, -0.25) is 15.0 Å². The van der Waals surface area contributed by atoms with Gasteiger partial charge in [-0.15, -0.1) is 0 Å². The number of benzene rings is 1. The molecule has 1 aliphatic heterocycles. The van der Waals surface area contributed by atoms with Gasteiger partial charge in [0.15, 0.2) is 0 Å². The number of hydrogen-bond acceptors (Lipinski definition) is 3. The van der Waals surface area contributed by atoms with Crippen LogP contribution in [0.1, 0.15) is 12.8 Å². The number of halogens is 2. The fraction of sp³-hybridized carbons (Fsp3) is 0.188. The first-order valence-corrected chi connectivity index (χ1v) is 8.15. The summed E-state index contributed by atoms with van der Waals surface area (Å²) in [5.41, 5.74) is 2.50. The monoisotopic (exact) mass is 390 g/mol. The standard InChI is InChI=1S/C16H12BrFN4O2/c17-11-3-1-8(18)5-10(11)14-15(23)21-16(24)22(14)9-2-4-12-13(6-9)20-7-19-12/h2,4-7,14H,1,3H2,(H,19,20)(H,21,23,24). The highest BCUT2D eigenvalue weighted by Crippen LogP contribution is 2.35. The van der Waals surface area contributed by atoms with Crippen molar-refractivity contribution in [1.29, 1.82) is 0 Å². The van der Waals surface area contributed by atoms with E-state index >= 15 is 0 Å². The Balaban J connectivity index is 1.82. The molecule has 0 saturated carbocycles. The highest BCUT2D eigenvalue weighted by molar-refractivity contribution is 9.11. The minimum Gasteiger partial charge on any atom is -0.345 e. The van der Waals surface area contributed by atoms with E-state index in [0.29, 0.717) is 17.7 Å². The van der Waals surface area contributed by atoms with Crippen molar-refractivity contribution < 1.29 is 14.0 Å². The van der Waals surface area contributed by atoms with Crippen LogP contribution in [-0.4, -0.2) is 27.9 Å². The topological polar surface area (TPSA) is 78.1 Å². The van der Waals surface area contributed by atoms with Gasteiger partial charge in [-0.05, 0) is 36.3 Å². The van der Waals surface area contributed by atoms with Crippen LogP contribution >= 0.6 is 15.9 Å². The van der Waals surface area contributed by atoms with Crippen LogP contribution in [0, 0.1) is 0 Å². The summed E-state index contributed by atoms with van der Waals surface area (Å²) in [6.07, 6.45) is 3.63. The van der Waals surface area contributed by atoms with Gasteiger partial charge in [0.2, 0.25) is 0 Å². The molecule has 4 rings (SSSR count). The van der Waals surface area contributed by atoms with Crippen LogP contribution in [0.15, 0.2) is 46.5 Å². The van der Waals surface area contributed by atoms with Crippen LogP contribution in [0.25, 0.3) is 11.0 Å². The molecule has 1 aliphatic carbocycles. The Bertz CT molecular complexity index is 933. The number of aromatic nitrogens is 2. The molecule has 1 fully saturated rings. The number of aromatic amines is 1. The van der Waals surface area contributed by atoms with Crippen molar-refractivity contribution in [3.63, 3.8) is 0 Å². The second kappa shape index (κ2) is 5.55. The third kappa shape index (κ3) is 2.34. The second-order valence-electron chi connectivity index (χ2n) is 5.62. The number of amides is 3. The smallest absolute Gasteiger partial charge is 0.329 e. The van der Waals surface area contributed by atoms with E-state index in [2.05, 4.69) is 31.2 Å². The minimum atomic E-state index is -0.904. The number of urea groups is 1. The zero-order valence-electron chi connectivity index (χ0n) is 12.3. The molecule has 1 aromatic carbocycles. The maximum atomic E-state index is 13.7. The van der Waals surface area contributed by atoms with Crippen molar-refractivity contribution in [3.8, 4) is 0 Å². The summed E-state index contributed by atoms with van der Waals surface area (Å²) in [4.78, 5) is 33.1. The van der Waals surface area contributed by atoms with Crippen molar-refractivity contribution in [2.24, 2.45) is 0 Å². The number of H-pyrrole nitrogens is 1. The number of carbonyl (C=O) groups is 2. The van der Waals surface area contributed by atoms with Gasteiger partial charge in [0.05, 0.1) is 17.4 Å². The van der Waals surface area contributed by atoms with E-state index in [0.717, 1.165) is 15.5 Å². The van der Waals surface area contributed by atoms with Gasteiger partial charge in [-0.25, -0.2) is 14.2 Å². The molecule has 122 valence electrons. The van der Waals surface area contributed by atoms with Crippen LogP contribution in [0.2, 0.25) is 0 Å². The molecule has 1 saturated heterocycles. The minimum absolute atomic E-state index is 0.284. The number of hydrogen-bond donors (Lipinski definition) is 2. The molecule has 8 heteroatoms. The van der Waals surface area contributed by atoms with Crippen LogP contribution in [-0.2, 0) is 4.79 Å². The summed E-state index contributed by atoms with van der Waals surface area (Å²) >= 11 is 3.41. The molecule has 24 heavy (non-hydrogen) atoms. The second-order valence-corrected chi connectivity index (χ2v) is 6.58. The molecule has 0 spiro atoms. The summed E-state index contributed by atoms with van der Waals surface area (Å²) in [5.74, 6) is -0.771. The lowest BCUT2D eigenvalue weighted by Crippen LogP contribution is -2.37. The maximum absolute atomic E-state index is 13.7. The van der Waals surface area contributed by atoms with Gasteiger partial charge in [0.1, 0.15) is 11.9 Å². The molecule has 2 aromatic rings. The Hall–Kier alpha value is -2.48. The zero-order valence-corrected chi connectivity index (χ0v) is 13.9. The SMILES string of the molecule is O=C1NC(=O)N(c2ccc3nc[nH]c3c2)C1C1=C(Br)CCC(F)=C1. The molecular weight excluding hydrogens is 379 g/mol. The van der Waals surface area contributed by atoms with E-state index in [1.54, 1.807) is 24.5 Å². The maximum Gasteiger partial charge on any atom is 0.329 e. The van der Waals surface area contributed by atoms with Crippen LogP contribution in [0.3, 0.4) is 0 Å². The molecule has 1 atom stereocenters. The van der Waals surface area contributed by atoms with Gasteiger partial charge in [-0.2, -0.15) is 0 Å². The van der Waals surface area contributed by atoms with E-state index in [1.165, 1.54) is 11.0 Å². The number of anilines is 1. The van der Waals surface area contributed by atoms with Crippen LogP contribution < -0.4 is 10.2 Å². The van der Waals surface area contributed by atoms with E-state index in [4.69, 9.17) is 0 Å². The lowest BCUT2D eigenvalue weighted by atomic mass is 9.98. The lowest BCUT2D eigenvalue weighted by Gasteiger charge is -2.25. The number of imidazole rings is 1. The Morgan fingerprint density at radius 3 is 2.96 bits per heavy atom. The molecular formula is C16H12BrFN4O2. The number of imide groups is 1. The highest BCUT2D eigenvalue weighted by atomic mass is 79.9. The molecule has 1 aromatic heterocycles. The van der Waals surface area contributed by atoms with Crippen molar-refractivity contribution in [1.82, 2.24) is 15.3 Å².